The zero-order valence-electron chi connectivity index (χ0n) is 11.9. The van der Waals surface area contributed by atoms with Gasteiger partial charge in [-0.05, 0) is 51.6 Å². The minimum atomic E-state index is -0.349. The van der Waals surface area contributed by atoms with Crippen LogP contribution in [0.15, 0.2) is 0 Å². The van der Waals surface area contributed by atoms with Gasteiger partial charge < -0.3 is 14.7 Å². The van der Waals surface area contributed by atoms with E-state index < -0.39 is 0 Å². The predicted octanol–water partition coefficient (Wildman–Crippen LogP) is 2.28. The van der Waals surface area contributed by atoms with Crippen molar-refractivity contribution in [1.29, 1.82) is 0 Å². The average molecular weight is 243 g/mol. The summed E-state index contributed by atoms with van der Waals surface area (Å²) in [5, 5.41) is 9.91. The van der Waals surface area contributed by atoms with Crippen molar-refractivity contribution in [1.82, 2.24) is 4.90 Å². The standard InChI is InChI=1S/C14H29NO2/c1-12(2)17-11-13(16)10-15-8-5-6-14(3,4)7-9-15/h12-13,16H,5-11H2,1-4H3. The van der Waals surface area contributed by atoms with Gasteiger partial charge in [-0.15, -0.1) is 0 Å². The van der Waals surface area contributed by atoms with E-state index >= 15 is 0 Å². The third kappa shape index (κ3) is 6.39. The molecule has 0 radical (unpaired) electrons. The molecule has 0 aromatic carbocycles. The van der Waals surface area contributed by atoms with E-state index in [9.17, 15) is 5.11 Å². The van der Waals surface area contributed by atoms with E-state index in [-0.39, 0.29) is 12.2 Å². The first-order valence-electron chi connectivity index (χ1n) is 6.91. The van der Waals surface area contributed by atoms with Crippen molar-refractivity contribution in [2.75, 3.05) is 26.2 Å². The fraction of sp³-hybridized carbons (Fsp3) is 1.00. The molecule has 1 N–H and O–H groups in total. The molecule has 102 valence electrons. The second-order valence-corrected chi connectivity index (χ2v) is 6.35. The number of hydrogen-bond acceptors (Lipinski definition) is 3. The van der Waals surface area contributed by atoms with E-state index in [0.717, 1.165) is 19.6 Å². The predicted molar refractivity (Wildman–Crippen MR) is 71.2 cm³/mol. The van der Waals surface area contributed by atoms with Crippen LogP contribution in [0, 0.1) is 5.41 Å². The van der Waals surface area contributed by atoms with E-state index in [1.165, 1.54) is 19.3 Å². The SMILES string of the molecule is CC(C)OCC(O)CN1CCCC(C)(C)CC1. The van der Waals surface area contributed by atoms with Crippen LogP contribution in [0.5, 0.6) is 0 Å². The van der Waals surface area contributed by atoms with Crippen molar-refractivity contribution in [3.8, 4) is 0 Å². The molecule has 1 rings (SSSR count). The summed E-state index contributed by atoms with van der Waals surface area (Å²) in [5.74, 6) is 0. The van der Waals surface area contributed by atoms with Crippen LogP contribution >= 0.6 is 0 Å². The number of hydrogen-bond donors (Lipinski definition) is 1. The second kappa shape index (κ2) is 6.72. The molecule has 1 aliphatic heterocycles. The molecule has 1 aliphatic rings. The van der Waals surface area contributed by atoms with Gasteiger partial charge in [-0.3, -0.25) is 0 Å². The van der Waals surface area contributed by atoms with E-state index in [4.69, 9.17) is 4.74 Å². The highest BCUT2D eigenvalue weighted by Crippen LogP contribution is 2.29. The average Bonchev–Trinajstić information content (AvgIpc) is 2.37. The van der Waals surface area contributed by atoms with Gasteiger partial charge in [0, 0.05) is 6.54 Å². The van der Waals surface area contributed by atoms with Crippen LogP contribution < -0.4 is 0 Å². The molecular formula is C14H29NO2. The van der Waals surface area contributed by atoms with Gasteiger partial charge in [0.2, 0.25) is 0 Å². The highest BCUT2D eigenvalue weighted by atomic mass is 16.5. The quantitative estimate of drug-likeness (QED) is 0.804. The Labute approximate surface area is 106 Å². The number of nitrogens with zero attached hydrogens (tertiary/aromatic N) is 1. The Bertz CT molecular complexity index is 216. The first kappa shape index (κ1) is 14.9. The molecule has 17 heavy (non-hydrogen) atoms. The van der Waals surface area contributed by atoms with Gasteiger partial charge in [0.1, 0.15) is 0 Å². The van der Waals surface area contributed by atoms with Gasteiger partial charge in [-0.25, -0.2) is 0 Å². The third-order valence-electron chi connectivity index (χ3n) is 3.52. The van der Waals surface area contributed by atoms with Crippen LogP contribution in [0.1, 0.15) is 47.0 Å². The van der Waals surface area contributed by atoms with Crippen molar-refractivity contribution < 1.29 is 9.84 Å². The van der Waals surface area contributed by atoms with Crippen LogP contribution in [0.3, 0.4) is 0 Å². The molecule has 0 aromatic heterocycles. The summed E-state index contributed by atoms with van der Waals surface area (Å²) in [5.41, 5.74) is 0.466. The topological polar surface area (TPSA) is 32.7 Å². The normalized spacial score (nSPS) is 23.6. The van der Waals surface area contributed by atoms with Crippen LogP contribution in [0.2, 0.25) is 0 Å². The van der Waals surface area contributed by atoms with E-state index in [2.05, 4.69) is 18.7 Å². The van der Waals surface area contributed by atoms with E-state index in [1.807, 2.05) is 13.8 Å². The molecule has 1 unspecified atom stereocenters. The largest absolute Gasteiger partial charge is 0.389 e. The van der Waals surface area contributed by atoms with Gasteiger partial charge >= 0.3 is 0 Å². The Morgan fingerprint density at radius 1 is 1.24 bits per heavy atom. The van der Waals surface area contributed by atoms with Crippen molar-refractivity contribution in [3.63, 3.8) is 0 Å². The van der Waals surface area contributed by atoms with Gasteiger partial charge in [0.25, 0.3) is 0 Å². The fourth-order valence-corrected chi connectivity index (χ4v) is 2.32. The maximum Gasteiger partial charge on any atom is 0.0900 e. The zero-order valence-corrected chi connectivity index (χ0v) is 11.9. The number of aliphatic hydroxyl groups is 1. The summed E-state index contributed by atoms with van der Waals surface area (Å²) in [6, 6.07) is 0. The maximum absolute atomic E-state index is 9.91. The summed E-state index contributed by atoms with van der Waals surface area (Å²) >= 11 is 0. The van der Waals surface area contributed by atoms with Gasteiger partial charge in [-0.1, -0.05) is 13.8 Å². The van der Waals surface area contributed by atoms with E-state index in [1.54, 1.807) is 0 Å². The summed E-state index contributed by atoms with van der Waals surface area (Å²) in [4.78, 5) is 2.38. The van der Waals surface area contributed by atoms with Gasteiger partial charge in [0.05, 0.1) is 18.8 Å². The Morgan fingerprint density at radius 2 is 1.94 bits per heavy atom. The molecule has 0 spiro atoms. The summed E-state index contributed by atoms with van der Waals surface area (Å²) in [6.07, 6.45) is 3.61. The Kier molecular flexibility index (Phi) is 5.90. The maximum atomic E-state index is 9.91. The van der Waals surface area contributed by atoms with Crippen LogP contribution in [-0.2, 0) is 4.74 Å². The smallest absolute Gasteiger partial charge is 0.0900 e. The summed E-state index contributed by atoms with van der Waals surface area (Å²) < 4.78 is 5.44. The van der Waals surface area contributed by atoms with Crippen molar-refractivity contribution in [2.24, 2.45) is 5.41 Å². The van der Waals surface area contributed by atoms with Crippen molar-refractivity contribution >= 4 is 0 Å². The molecular weight excluding hydrogens is 214 g/mol. The van der Waals surface area contributed by atoms with Crippen LogP contribution in [-0.4, -0.2) is 48.5 Å². The highest BCUT2D eigenvalue weighted by molar-refractivity contribution is 4.77. The Hall–Kier alpha value is -0.120. The van der Waals surface area contributed by atoms with Crippen LogP contribution in [0.4, 0.5) is 0 Å². The number of β-amino-alcohol motifs (C(OH)–C–C–N with tert-alkyl or cyclic N) is 1. The monoisotopic (exact) mass is 243 g/mol. The Morgan fingerprint density at radius 3 is 2.59 bits per heavy atom. The van der Waals surface area contributed by atoms with Gasteiger partial charge in [-0.2, -0.15) is 0 Å². The first-order valence-corrected chi connectivity index (χ1v) is 6.91. The molecule has 0 amide bonds. The molecule has 0 aromatic rings. The molecule has 0 saturated carbocycles. The second-order valence-electron chi connectivity index (χ2n) is 6.35. The zero-order chi connectivity index (χ0) is 12.9. The molecule has 1 fully saturated rings. The molecule has 3 heteroatoms. The lowest BCUT2D eigenvalue weighted by molar-refractivity contribution is -0.00830. The lowest BCUT2D eigenvalue weighted by Crippen LogP contribution is -2.36. The van der Waals surface area contributed by atoms with Crippen LogP contribution in [0.25, 0.3) is 0 Å². The molecule has 0 bridgehead atoms. The highest BCUT2D eigenvalue weighted by Gasteiger charge is 2.23. The fourth-order valence-electron chi connectivity index (χ4n) is 2.32. The van der Waals surface area contributed by atoms with Crippen molar-refractivity contribution in [2.45, 2.75) is 59.2 Å². The number of likely N-dealkylation sites (tertiary alicyclic amines) is 1. The molecule has 3 nitrogen and oxygen atoms in total. The first-order chi connectivity index (χ1) is 7.89. The number of aliphatic hydroxyl groups excluding tert-OH is 1. The Balaban J connectivity index is 2.26. The molecule has 0 aliphatic carbocycles. The van der Waals surface area contributed by atoms with Gasteiger partial charge in [0.15, 0.2) is 0 Å². The number of ether oxygens (including phenoxy) is 1. The molecule has 1 atom stereocenters. The minimum Gasteiger partial charge on any atom is -0.389 e. The van der Waals surface area contributed by atoms with E-state index in [0.29, 0.717) is 12.0 Å². The lowest BCUT2D eigenvalue weighted by Gasteiger charge is -2.25. The molecule has 1 saturated heterocycles. The third-order valence-corrected chi connectivity index (χ3v) is 3.52. The van der Waals surface area contributed by atoms with Crippen molar-refractivity contribution in [3.05, 3.63) is 0 Å². The lowest BCUT2D eigenvalue weighted by atomic mass is 9.85. The minimum absolute atomic E-state index is 0.202. The molecule has 1 heterocycles. The summed E-state index contributed by atoms with van der Waals surface area (Å²) in [6.45, 7) is 12.1. The summed E-state index contributed by atoms with van der Waals surface area (Å²) in [7, 11) is 0. The number of rotatable bonds is 5.